The van der Waals surface area contributed by atoms with Crippen LogP contribution in [0.4, 0.5) is 17.1 Å². The van der Waals surface area contributed by atoms with Crippen LogP contribution >= 0.6 is 0 Å². The van der Waals surface area contributed by atoms with E-state index in [9.17, 15) is 19.7 Å². The molecule has 0 radical (unpaired) electrons. The molecular weight excluding hydrogens is 366 g/mol. The molecule has 3 rings (SSSR count). The van der Waals surface area contributed by atoms with Gasteiger partial charge in [0, 0.05) is 29.6 Å². The topological polar surface area (TPSA) is 120 Å². The van der Waals surface area contributed by atoms with E-state index in [0.29, 0.717) is 24.4 Å². The number of carbonyl (C=O) groups excluding carboxylic acids is 2. The molecule has 0 bridgehead atoms. The smallest absolute Gasteiger partial charge is 0.311 e. The van der Waals surface area contributed by atoms with Crippen molar-refractivity contribution in [2.75, 3.05) is 24.4 Å². The number of ether oxygens (including phenoxy) is 2. The van der Waals surface area contributed by atoms with Gasteiger partial charge >= 0.3 is 5.69 Å². The molecule has 0 saturated carbocycles. The minimum atomic E-state index is -0.610. The third-order valence-electron chi connectivity index (χ3n) is 4.27. The van der Waals surface area contributed by atoms with E-state index in [-0.39, 0.29) is 22.9 Å². The van der Waals surface area contributed by atoms with Gasteiger partial charge < -0.3 is 20.1 Å². The molecule has 1 saturated heterocycles. The SMILES string of the molecule is COc1ccc(C(=O)Nc2ccc(NC(=O)[C@H]3CCCO3)cc2)cc1[N+](=O)[O-]. The number of amides is 2. The Bertz CT molecular complexity index is 891. The van der Waals surface area contributed by atoms with Crippen LogP contribution in [0.15, 0.2) is 42.5 Å². The molecule has 2 aromatic carbocycles. The Morgan fingerprint density at radius 2 is 1.82 bits per heavy atom. The van der Waals surface area contributed by atoms with Crippen molar-refractivity contribution in [2.45, 2.75) is 18.9 Å². The molecule has 0 unspecified atom stereocenters. The first-order chi connectivity index (χ1) is 13.5. The first kappa shape index (κ1) is 19.3. The summed E-state index contributed by atoms with van der Waals surface area (Å²) in [5.41, 5.74) is 0.905. The summed E-state index contributed by atoms with van der Waals surface area (Å²) in [6.07, 6.45) is 1.14. The number of methoxy groups -OCH3 is 1. The molecule has 146 valence electrons. The number of benzene rings is 2. The monoisotopic (exact) mass is 385 g/mol. The molecule has 1 atom stereocenters. The van der Waals surface area contributed by atoms with Gasteiger partial charge in [-0.1, -0.05) is 0 Å². The van der Waals surface area contributed by atoms with Gasteiger partial charge in [0.1, 0.15) is 6.10 Å². The third-order valence-corrected chi connectivity index (χ3v) is 4.27. The third kappa shape index (κ3) is 4.44. The van der Waals surface area contributed by atoms with Crippen LogP contribution in [0.25, 0.3) is 0 Å². The largest absolute Gasteiger partial charge is 0.490 e. The summed E-state index contributed by atoms with van der Waals surface area (Å²) in [6, 6.07) is 10.5. The second-order valence-corrected chi connectivity index (χ2v) is 6.17. The highest BCUT2D eigenvalue weighted by Gasteiger charge is 2.23. The summed E-state index contributed by atoms with van der Waals surface area (Å²) in [6.45, 7) is 0.590. The second kappa shape index (κ2) is 8.49. The quantitative estimate of drug-likeness (QED) is 0.583. The van der Waals surface area contributed by atoms with Crippen molar-refractivity contribution in [3.8, 4) is 5.75 Å². The van der Waals surface area contributed by atoms with Gasteiger partial charge in [-0.3, -0.25) is 19.7 Å². The van der Waals surface area contributed by atoms with Crippen LogP contribution in [0.3, 0.4) is 0 Å². The Morgan fingerprint density at radius 1 is 1.14 bits per heavy atom. The van der Waals surface area contributed by atoms with Crippen LogP contribution in [0, 0.1) is 10.1 Å². The van der Waals surface area contributed by atoms with Crippen LogP contribution in [0.2, 0.25) is 0 Å². The van der Waals surface area contributed by atoms with Gasteiger partial charge in [-0.2, -0.15) is 0 Å². The molecule has 1 fully saturated rings. The Hall–Kier alpha value is -3.46. The summed E-state index contributed by atoms with van der Waals surface area (Å²) >= 11 is 0. The number of hydrogen-bond donors (Lipinski definition) is 2. The average molecular weight is 385 g/mol. The van der Waals surface area contributed by atoms with Crippen LogP contribution < -0.4 is 15.4 Å². The van der Waals surface area contributed by atoms with Crippen molar-refractivity contribution >= 4 is 28.9 Å². The molecule has 1 heterocycles. The van der Waals surface area contributed by atoms with Crippen LogP contribution in [-0.4, -0.2) is 36.6 Å². The van der Waals surface area contributed by atoms with Gasteiger partial charge in [0.15, 0.2) is 5.75 Å². The highest BCUT2D eigenvalue weighted by molar-refractivity contribution is 6.05. The normalized spacial score (nSPS) is 15.7. The molecule has 2 amide bonds. The van der Waals surface area contributed by atoms with Crippen molar-refractivity contribution < 1.29 is 24.0 Å². The van der Waals surface area contributed by atoms with Crippen molar-refractivity contribution in [1.29, 1.82) is 0 Å². The summed E-state index contributed by atoms with van der Waals surface area (Å²) < 4.78 is 10.3. The molecular formula is C19H19N3O6. The lowest BCUT2D eigenvalue weighted by molar-refractivity contribution is -0.385. The number of nitrogens with one attached hydrogen (secondary N) is 2. The summed E-state index contributed by atoms with van der Waals surface area (Å²) in [5, 5.41) is 16.5. The van der Waals surface area contributed by atoms with E-state index in [1.54, 1.807) is 24.3 Å². The molecule has 0 aliphatic carbocycles. The van der Waals surface area contributed by atoms with E-state index < -0.39 is 16.9 Å². The maximum atomic E-state index is 12.4. The molecule has 1 aliphatic heterocycles. The zero-order chi connectivity index (χ0) is 20.1. The van der Waals surface area contributed by atoms with Crippen LogP contribution in [0.5, 0.6) is 5.75 Å². The van der Waals surface area contributed by atoms with Gasteiger partial charge in [-0.15, -0.1) is 0 Å². The fourth-order valence-corrected chi connectivity index (χ4v) is 2.82. The van der Waals surface area contributed by atoms with Gasteiger partial charge in [0.05, 0.1) is 12.0 Å². The predicted molar refractivity (Wildman–Crippen MR) is 102 cm³/mol. The Kier molecular flexibility index (Phi) is 5.85. The molecule has 28 heavy (non-hydrogen) atoms. The predicted octanol–water partition coefficient (Wildman–Crippen LogP) is 2.97. The molecule has 2 N–H and O–H groups in total. The zero-order valence-electron chi connectivity index (χ0n) is 15.1. The number of carbonyl (C=O) groups is 2. The summed E-state index contributed by atoms with van der Waals surface area (Å²) in [4.78, 5) is 34.9. The minimum Gasteiger partial charge on any atom is -0.490 e. The zero-order valence-corrected chi connectivity index (χ0v) is 15.1. The van der Waals surface area contributed by atoms with Crippen molar-refractivity contribution in [1.82, 2.24) is 0 Å². The van der Waals surface area contributed by atoms with E-state index in [4.69, 9.17) is 9.47 Å². The Morgan fingerprint density at radius 3 is 2.39 bits per heavy atom. The fraction of sp³-hybridized carbons (Fsp3) is 0.263. The van der Waals surface area contributed by atoms with Gasteiger partial charge in [-0.25, -0.2) is 0 Å². The highest BCUT2D eigenvalue weighted by atomic mass is 16.6. The standard InChI is InChI=1S/C19H19N3O6/c1-27-16-9-4-12(11-15(16)22(25)26)18(23)20-13-5-7-14(8-6-13)21-19(24)17-3-2-10-28-17/h4-9,11,17H,2-3,10H2,1H3,(H,20,23)(H,21,24)/t17-/m1/s1. The van der Waals surface area contributed by atoms with Crippen molar-refractivity contribution in [3.05, 3.63) is 58.1 Å². The van der Waals surface area contributed by atoms with Crippen molar-refractivity contribution in [2.24, 2.45) is 0 Å². The number of hydrogen-bond acceptors (Lipinski definition) is 6. The van der Waals surface area contributed by atoms with Gasteiger partial charge in [0.25, 0.3) is 11.8 Å². The van der Waals surface area contributed by atoms with Crippen LogP contribution in [-0.2, 0) is 9.53 Å². The summed E-state index contributed by atoms with van der Waals surface area (Å²) in [7, 11) is 1.32. The number of nitrogens with zero attached hydrogens (tertiary/aromatic N) is 1. The lowest BCUT2D eigenvalue weighted by Crippen LogP contribution is -2.26. The fourth-order valence-electron chi connectivity index (χ4n) is 2.82. The first-order valence-corrected chi connectivity index (χ1v) is 8.64. The second-order valence-electron chi connectivity index (χ2n) is 6.17. The molecule has 9 nitrogen and oxygen atoms in total. The van der Waals surface area contributed by atoms with E-state index >= 15 is 0 Å². The Balaban J connectivity index is 1.65. The number of anilines is 2. The number of rotatable bonds is 6. The molecule has 1 aliphatic rings. The minimum absolute atomic E-state index is 0.0767. The first-order valence-electron chi connectivity index (χ1n) is 8.64. The van der Waals surface area contributed by atoms with Gasteiger partial charge in [0.2, 0.25) is 0 Å². The van der Waals surface area contributed by atoms with Crippen molar-refractivity contribution in [3.63, 3.8) is 0 Å². The number of nitro benzene ring substituents is 1. The maximum absolute atomic E-state index is 12.4. The molecule has 2 aromatic rings. The summed E-state index contributed by atoms with van der Waals surface area (Å²) in [5.74, 6) is -0.616. The molecule has 9 heteroatoms. The van der Waals surface area contributed by atoms with Gasteiger partial charge in [-0.05, 0) is 49.2 Å². The highest BCUT2D eigenvalue weighted by Crippen LogP contribution is 2.28. The number of nitro groups is 1. The van der Waals surface area contributed by atoms with E-state index in [2.05, 4.69) is 10.6 Å². The van der Waals surface area contributed by atoms with E-state index in [1.165, 1.54) is 19.2 Å². The van der Waals surface area contributed by atoms with Crippen LogP contribution in [0.1, 0.15) is 23.2 Å². The Labute approximate surface area is 160 Å². The maximum Gasteiger partial charge on any atom is 0.311 e. The van der Waals surface area contributed by atoms with E-state index in [0.717, 1.165) is 12.5 Å². The lowest BCUT2D eigenvalue weighted by Gasteiger charge is -2.11. The average Bonchev–Trinajstić information content (AvgIpc) is 3.24. The molecule has 0 aromatic heterocycles. The lowest BCUT2D eigenvalue weighted by atomic mass is 10.1. The molecule has 0 spiro atoms. The van der Waals surface area contributed by atoms with E-state index in [1.807, 2.05) is 0 Å².